The van der Waals surface area contributed by atoms with Crippen LogP contribution in [-0.4, -0.2) is 10.9 Å². The van der Waals surface area contributed by atoms with E-state index in [0.29, 0.717) is 12.1 Å². The average molecular weight is 347 g/mol. The molecule has 1 heterocycles. The lowest BCUT2D eigenvalue weighted by Gasteiger charge is -2.10. The normalized spacial score (nSPS) is 10.4. The molecule has 3 N–H and O–H groups in total. The molecule has 0 atom stereocenters. The van der Waals surface area contributed by atoms with E-state index >= 15 is 0 Å². The number of para-hydroxylation sites is 1. The van der Waals surface area contributed by atoms with Crippen molar-refractivity contribution < 1.29 is 9.53 Å². The molecule has 0 saturated carbocycles. The second kappa shape index (κ2) is 7.70. The van der Waals surface area contributed by atoms with Crippen LogP contribution in [0.1, 0.15) is 27.2 Å². The summed E-state index contributed by atoms with van der Waals surface area (Å²) in [7, 11) is 0. The van der Waals surface area contributed by atoms with Crippen molar-refractivity contribution in [2.24, 2.45) is 0 Å². The number of ether oxygens (including phenoxy) is 1. The summed E-state index contributed by atoms with van der Waals surface area (Å²) in [6.45, 7) is 4.24. The van der Waals surface area contributed by atoms with Crippen molar-refractivity contribution in [2.45, 2.75) is 20.4 Å². The summed E-state index contributed by atoms with van der Waals surface area (Å²) >= 11 is 0. The number of anilines is 1. The number of nitrogens with zero attached hydrogens (tertiary/aromatic N) is 1. The highest BCUT2D eigenvalue weighted by atomic mass is 16.5. The zero-order chi connectivity index (χ0) is 18.5. The maximum absolute atomic E-state index is 12.2. The van der Waals surface area contributed by atoms with Crippen LogP contribution in [0.15, 0.2) is 60.7 Å². The number of nitrogens with two attached hydrogens (primary N) is 1. The first-order chi connectivity index (χ1) is 12.5. The number of benzene rings is 2. The molecule has 0 unspecified atom stereocenters. The van der Waals surface area contributed by atoms with Crippen molar-refractivity contribution in [2.75, 3.05) is 5.73 Å². The predicted molar refractivity (Wildman–Crippen MR) is 102 cm³/mol. The highest BCUT2D eigenvalue weighted by Crippen LogP contribution is 2.24. The fourth-order valence-electron chi connectivity index (χ4n) is 2.52. The number of nitrogen functional groups attached to an aromatic ring is 1. The van der Waals surface area contributed by atoms with E-state index < -0.39 is 0 Å². The van der Waals surface area contributed by atoms with E-state index in [0.717, 1.165) is 28.3 Å². The van der Waals surface area contributed by atoms with Crippen LogP contribution in [-0.2, 0) is 6.54 Å². The molecule has 5 nitrogen and oxygen atoms in total. The first kappa shape index (κ1) is 17.5. The molecule has 0 saturated heterocycles. The molecule has 3 aromatic rings. The summed E-state index contributed by atoms with van der Waals surface area (Å²) in [5.41, 5.74) is 9.02. The van der Waals surface area contributed by atoms with Crippen LogP contribution in [0.3, 0.4) is 0 Å². The molecule has 1 aromatic heterocycles. The van der Waals surface area contributed by atoms with Crippen molar-refractivity contribution in [1.82, 2.24) is 10.3 Å². The number of rotatable bonds is 5. The van der Waals surface area contributed by atoms with Crippen LogP contribution >= 0.6 is 0 Å². The first-order valence-electron chi connectivity index (χ1n) is 8.36. The van der Waals surface area contributed by atoms with Gasteiger partial charge in [0.15, 0.2) is 0 Å². The number of hydrogen-bond acceptors (Lipinski definition) is 4. The van der Waals surface area contributed by atoms with E-state index in [1.165, 1.54) is 0 Å². The smallest absolute Gasteiger partial charge is 0.255 e. The number of nitrogens with one attached hydrogen (secondary N) is 1. The SMILES string of the molecule is Cc1ccc(C(=O)NCc2ccc(Oc3ccccc3C)cc2)c(N)n1. The number of carbonyl (C=O) groups excluding carboxylic acids is 1. The van der Waals surface area contributed by atoms with Crippen LogP contribution in [0.4, 0.5) is 5.82 Å². The topological polar surface area (TPSA) is 77.2 Å². The van der Waals surface area contributed by atoms with Gasteiger partial charge in [-0.2, -0.15) is 0 Å². The number of pyridine rings is 1. The molecule has 0 aliphatic carbocycles. The highest BCUT2D eigenvalue weighted by molar-refractivity contribution is 5.98. The molecule has 0 aliphatic heterocycles. The number of amides is 1. The molecular weight excluding hydrogens is 326 g/mol. The third kappa shape index (κ3) is 4.19. The van der Waals surface area contributed by atoms with E-state index in [9.17, 15) is 4.79 Å². The van der Waals surface area contributed by atoms with Gasteiger partial charge in [0.25, 0.3) is 5.91 Å². The number of aryl methyl sites for hydroxylation is 2. The van der Waals surface area contributed by atoms with Crippen LogP contribution in [0.5, 0.6) is 11.5 Å². The minimum Gasteiger partial charge on any atom is -0.457 e. The minimum absolute atomic E-state index is 0.240. The van der Waals surface area contributed by atoms with Crippen molar-refractivity contribution in [1.29, 1.82) is 0 Å². The zero-order valence-electron chi connectivity index (χ0n) is 14.8. The molecule has 0 aliphatic rings. The summed E-state index contributed by atoms with van der Waals surface area (Å²) in [6.07, 6.45) is 0. The molecule has 3 rings (SSSR count). The summed E-state index contributed by atoms with van der Waals surface area (Å²) in [6, 6.07) is 18.9. The fourth-order valence-corrected chi connectivity index (χ4v) is 2.52. The number of hydrogen-bond donors (Lipinski definition) is 2. The molecule has 0 radical (unpaired) electrons. The van der Waals surface area contributed by atoms with Gasteiger partial charge in [-0.1, -0.05) is 30.3 Å². The van der Waals surface area contributed by atoms with Gasteiger partial charge in [0.1, 0.15) is 17.3 Å². The standard InChI is InChI=1S/C21H21N3O2/c1-14-5-3-4-6-19(14)26-17-10-8-16(9-11-17)13-23-21(25)18-12-7-15(2)24-20(18)22/h3-12H,13H2,1-2H3,(H2,22,24)(H,23,25). The average Bonchev–Trinajstić information content (AvgIpc) is 2.63. The number of carbonyl (C=O) groups is 1. The Bertz CT molecular complexity index is 921. The van der Waals surface area contributed by atoms with Gasteiger partial charge in [-0.3, -0.25) is 4.79 Å². The van der Waals surface area contributed by atoms with Crippen LogP contribution in [0, 0.1) is 13.8 Å². The van der Waals surface area contributed by atoms with E-state index in [1.807, 2.05) is 62.4 Å². The molecule has 2 aromatic carbocycles. The highest BCUT2D eigenvalue weighted by Gasteiger charge is 2.10. The van der Waals surface area contributed by atoms with Gasteiger partial charge < -0.3 is 15.8 Å². The predicted octanol–water partition coefficient (Wildman–Crippen LogP) is 4.00. The Kier molecular flexibility index (Phi) is 5.17. The maximum atomic E-state index is 12.2. The van der Waals surface area contributed by atoms with Gasteiger partial charge in [-0.15, -0.1) is 0 Å². The Hall–Kier alpha value is -3.34. The molecule has 132 valence electrons. The maximum Gasteiger partial charge on any atom is 0.255 e. The van der Waals surface area contributed by atoms with E-state index in [-0.39, 0.29) is 11.7 Å². The second-order valence-corrected chi connectivity index (χ2v) is 6.08. The fraction of sp³-hybridized carbons (Fsp3) is 0.143. The monoisotopic (exact) mass is 347 g/mol. The summed E-state index contributed by atoms with van der Waals surface area (Å²) in [5.74, 6) is 1.58. The van der Waals surface area contributed by atoms with Crippen molar-refractivity contribution in [3.05, 3.63) is 83.0 Å². The second-order valence-electron chi connectivity index (χ2n) is 6.08. The molecule has 0 bridgehead atoms. The molecule has 5 heteroatoms. The minimum atomic E-state index is -0.241. The zero-order valence-corrected chi connectivity index (χ0v) is 14.8. The molecule has 0 fully saturated rings. The third-order valence-electron chi connectivity index (χ3n) is 4.01. The van der Waals surface area contributed by atoms with Crippen molar-refractivity contribution in [3.8, 4) is 11.5 Å². The van der Waals surface area contributed by atoms with Gasteiger partial charge in [-0.25, -0.2) is 4.98 Å². The summed E-state index contributed by atoms with van der Waals surface area (Å²) in [5, 5.41) is 2.85. The largest absolute Gasteiger partial charge is 0.457 e. The molecule has 0 spiro atoms. The Morgan fingerprint density at radius 2 is 1.77 bits per heavy atom. The molecule has 1 amide bonds. The van der Waals surface area contributed by atoms with Gasteiger partial charge in [0, 0.05) is 12.2 Å². The summed E-state index contributed by atoms with van der Waals surface area (Å²) < 4.78 is 5.87. The van der Waals surface area contributed by atoms with Crippen LogP contribution in [0.25, 0.3) is 0 Å². The number of aromatic nitrogens is 1. The van der Waals surface area contributed by atoms with Crippen LogP contribution in [0.2, 0.25) is 0 Å². The molecule has 26 heavy (non-hydrogen) atoms. The Morgan fingerprint density at radius 1 is 1.04 bits per heavy atom. The van der Waals surface area contributed by atoms with Gasteiger partial charge in [-0.05, 0) is 55.3 Å². The first-order valence-corrected chi connectivity index (χ1v) is 8.36. The Morgan fingerprint density at radius 3 is 2.46 bits per heavy atom. The summed E-state index contributed by atoms with van der Waals surface area (Å²) in [4.78, 5) is 16.3. The Balaban J connectivity index is 1.61. The lowest BCUT2D eigenvalue weighted by Crippen LogP contribution is -2.24. The van der Waals surface area contributed by atoms with Gasteiger partial charge in [0.05, 0.1) is 5.56 Å². The van der Waals surface area contributed by atoms with Gasteiger partial charge in [0.2, 0.25) is 0 Å². The van der Waals surface area contributed by atoms with Gasteiger partial charge >= 0.3 is 0 Å². The van der Waals surface area contributed by atoms with Crippen molar-refractivity contribution >= 4 is 11.7 Å². The lowest BCUT2D eigenvalue weighted by atomic mass is 10.2. The quantitative estimate of drug-likeness (QED) is 0.731. The third-order valence-corrected chi connectivity index (χ3v) is 4.01. The Labute approximate surface area is 152 Å². The lowest BCUT2D eigenvalue weighted by molar-refractivity contribution is 0.0951. The van der Waals surface area contributed by atoms with Crippen molar-refractivity contribution in [3.63, 3.8) is 0 Å². The molecular formula is C21H21N3O2. The van der Waals surface area contributed by atoms with E-state index in [1.54, 1.807) is 12.1 Å². The van der Waals surface area contributed by atoms with E-state index in [4.69, 9.17) is 10.5 Å². The van der Waals surface area contributed by atoms with Crippen LogP contribution < -0.4 is 15.8 Å². The van der Waals surface area contributed by atoms with E-state index in [2.05, 4.69) is 10.3 Å².